The number of aryl methyl sites for hydroxylation is 1. The zero-order valence-corrected chi connectivity index (χ0v) is 11.9. The molecule has 1 atom stereocenters. The van der Waals surface area contributed by atoms with Crippen LogP contribution in [0, 0.1) is 12.8 Å². The SMILES string of the molecule is Cc1ccc2c(c1)C(=O)N(CC(C)CN(C)C)C2=O. The largest absolute Gasteiger partial charge is 0.309 e. The molecule has 0 aromatic heterocycles. The van der Waals surface area contributed by atoms with Crippen LogP contribution in [0.4, 0.5) is 0 Å². The van der Waals surface area contributed by atoms with Crippen molar-refractivity contribution < 1.29 is 9.59 Å². The second-order valence-electron chi connectivity index (χ2n) is 5.64. The molecular formula is C15H20N2O2. The van der Waals surface area contributed by atoms with E-state index < -0.39 is 0 Å². The molecule has 1 unspecified atom stereocenters. The lowest BCUT2D eigenvalue weighted by molar-refractivity contribution is 0.0625. The van der Waals surface area contributed by atoms with E-state index >= 15 is 0 Å². The van der Waals surface area contributed by atoms with E-state index in [1.165, 1.54) is 4.90 Å². The number of amides is 2. The van der Waals surface area contributed by atoms with E-state index in [0.717, 1.165) is 12.1 Å². The maximum Gasteiger partial charge on any atom is 0.261 e. The van der Waals surface area contributed by atoms with E-state index in [0.29, 0.717) is 17.7 Å². The molecule has 0 N–H and O–H groups in total. The van der Waals surface area contributed by atoms with Crippen LogP contribution in [0.2, 0.25) is 0 Å². The average Bonchev–Trinajstić information content (AvgIpc) is 2.53. The molecule has 4 nitrogen and oxygen atoms in total. The van der Waals surface area contributed by atoms with Crippen molar-refractivity contribution in [2.45, 2.75) is 13.8 Å². The summed E-state index contributed by atoms with van der Waals surface area (Å²) in [6.07, 6.45) is 0. The molecule has 0 spiro atoms. The minimum atomic E-state index is -0.161. The van der Waals surface area contributed by atoms with Gasteiger partial charge in [-0.15, -0.1) is 0 Å². The Balaban J connectivity index is 2.18. The summed E-state index contributed by atoms with van der Waals surface area (Å²) >= 11 is 0. The zero-order valence-electron chi connectivity index (χ0n) is 11.9. The van der Waals surface area contributed by atoms with Crippen LogP contribution in [-0.2, 0) is 0 Å². The third-order valence-electron chi connectivity index (χ3n) is 3.30. The number of hydrogen-bond donors (Lipinski definition) is 0. The molecule has 1 aromatic carbocycles. The lowest BCUT2D eigenvalue weighted by atomic mass is 10.1. The highest BCUT2D eigenvalue weighted by molar-refractivity contribution is 6.21. The van der Waals surface area contributed by atoms with Gasteiger partial charge in [-0.1, -0.05) is 18.6 Å². The molecule has 2 amide bonds. The minimum Gasteiger partial charge on any atom is -0.309 e. The van der Waals surface area contributed by atoms with Gasteiger partial charge in [0.15, 0.2) is 0 Å². The van der Waals surface area contributed by atoms with Crippen molar-refractivity contribution in [1.82, 2.24) is 9.80 Å². The number of carbonyl (C=O) groups excluding carboxylic acids is 2. The number of imide groups is 1. The molecular weight excluding hydrogens is 240 g/mol. The molecule has 1 aliphatic rings. The number of benzene rings is 1. The van der Waals surface area contributed by atoms with Gasteiger partial charge in [0.1, 0.15) is 0 Å². The minimum absolute atomic E-state index is 0.158. The normalized spacial score (nSPS) is 16.2. The van der Waals surface area contributed by atoms with Crippen LogP contribution in [0.15, 0.2) is 18.2 Å². The highest BCUT2D eigenvalue weighted by Gasteiger charge is 2.35. The van der Waals surface area contributed by atoms with E-state index in [9.17, 15) is 9.59 Å². The van der Waals surface area contributed by atoms with Crippen LogP contribution < -0.4 is 0 Å². The molecule has 0 saturated carbocycles. The Hall–Kier alpha value is -1.68. The van der Waals surface area contributed by atoms with Crippen molar-refractivity contribution in [3.05, 3.63) is 34.9 Å². The Morgan fingerprint density at radius 3 is 2.42 bits per heavy atom. The molecule has 0 fully saturated rings. The Labute approximate surface area is 114 Å². The third kappa shape index (κ3) is 2.68. The first-order valence-electron chi connectivity index (χ1n) is 6.51. The Morgan fingerprint density at radius 1 is 1.16 bits per heavy atom. The van der Waals surface area contributed by atoms with Gasteiger partial charge in [0.05, 0.1) is 11.1 Å². The maximum absolute atomic E-state index is 12.3. The van der Waals surface area contributed by atoms with E-state index in [2.05, 4.69) is 11.8 Å². The number of rotatable bonds is 4. The van der Waals surface area contributed by atoms with Gasteiger partial charge < -0.3 is 4.90 Å². The highest BCUT2D eigenvalue weighted by atomic mass is 16.2. The van der Waals surface area contributed by atoms with Gasteiger partial charge in [0.25, 0.3) is 11.8 Å². The van der Waals surface area contributed by atoms with Gasteiger partial charge >= 0.3 is 0 Å². The summed E-state index contributed by atoms with van der Waals surface area (Å²) in [6.45, 7) is 5.31. The topological polar surface area (TPSA) is 40.6 Å². The third-order valence-corrected chi connectivity index (χ3v) is 3.30. The van der Waals surface area contributed by atoms with Gasteiger partial charge in [-0.05, 0) is 39.1 Å². The van der Waals surface area contributed by atoms with Crippen molar-refractivity contribution in [3.63, 3.8) is 0 Å². The Kier molecular flexibility index (Phi) is 3.71. The number of fused-ring (bicyclic) bond motifs is 1. The van der Waals surface area contributed by atoms with E-state index in [1.807, 2.05) is 27.1 Å². The fraction of sp³-hybridized carbons (Fsp3) is 0.467. The first kappa shape index (κ1) is 13.7. The predicted molar refractivity (Wildman–Crippen MR) is 74.3 cm³/mol. The molecule has 1 heterocycles. The standard InChI is InChI=1S/C15H20N2O2/c1-10-5-6-12-13(7-10)15(19)17(14(12)18)9-11(2)8-16(3)4/h5-7,11H,8-9H2,1-4H3. The molecule has 1 aromatic rings. The molecule has 0 aliphatic carbocycles. The molecule has 0 bridgehead atoms. The second-order valence-corrected chi connectivity index (χ2v) is 5.64. The summed E-state index contributed by atoms with van der Waals surface area (Å²) in [6, 6.07) is 5.42. The van der Waals surface area contributed by atoms with Crippen LogP contribution >= 0.6 is 0 Å². The van der Waals surface area contributed by atoms with Gasteiger partial charge in [-0.2, -0.15) is 0 Å². The summed E-state index contributed by atoms with van der Waals surface area (Å²) in [5.74, 6) is -0.0572. The van der Waals surface area contributed by atoms with Crippen LogP contribution in [0.1, 0.15) is 33.2 Å². The summed E-state index contributed by atoms with van der Waals surface area (Å²) in [5, 5.41) is 0. The van der Waals surface area contributed by atoms with E-state index in [-0.39, 0.29) is 17.7 Å². The fourth-order valence-corrected chi connectivity index (χ4v) is 2.56. The first-order valence-corrected chi connectivity index (χ1v) is 6.51. The van der Waals surface area contributed by atoms with E-state index in [4.69, 9.17) is 0 Å². The number of nitrogens with zero attached hydrogens (tertiary/aromatic N) is 2. The maximum atomic E-state index is 12.3. The summed E-state index contributed by atoms with van der Waals surface area (Å²) < 4.78 is 0. The molecule has 4 heteroatoms. The van der Waals surface area contributed by atoms with Crippen molar-refractivity contribution >= 4 is 11.8 Å². The van der Waals surface area contributed by atoms with Crippen LogP contribution in [0.25, 0.3) is 0 Å². The smallest absolute Gasteiger partial charge is 0.261 e. The molecule has 2 rings (SSSR count). The monoisotopic (exact) mass is 260 g/mol. The lowest BCUT2D eigenvalue weighted by Gasteiger charge is -2.21. The molecule has 0 radical (unpaired) electrons. The number of carbonyl (C=O) groups is 2. The molecule has 1 aliphatic heterocycles. The van der Waals surface area contributed by atoms with Crippen molar-refractivity contribution in [1.29, 1.82) is 0 Å². The molecule has 19 heavy (non-hydrogen) atoms. The van der Waals surface area contributed by atoms with Crippen molar-refractivity contribution in [2.75, 3.05) is 27.2 Å². The highest BCUT2D eigenvalue weighted by Crippen LogP contribution is 2.24. The van der Waals surface area contributed by atoms with Gasteiger partial charge in [-0.25, -0.2) is 0 Å². The number of hydrogen-bond acceptors (Lipinski definition) is 3. The van der Waals surface area contributed by atoms with Gasteiger partial charge in [0, 0.05) is 13.1 Å². The second kappa shape index (κ2) is 5.13. The van der Waals surface area contributed by atoms with Gasteiger partial charge in [0.2, 0.25) is 0 Å². The van der Waals surface area contributed by atoms with Crippen LogP contribution in [-0.4, -0.2) is 48.8 Å². The van der Waals surface area contributed by atoms with Crippen LogP contribution in [0.5, 0.6) is 0 Å². The summed E-state index contributed by atoms with van der Waals surface area (Å²) in [5.41, 5.74) is 2.08. The Morgan fingerprint density at radius 2 is 1.79 bits per heavy atom. The zero-order chi connectivity index (χ0) is 14.2. The lowest BCUT2D eigenvalue weighted by Crippen LogP contribution is -2.36. The Bertz CT molecular complexity index is 523. The summed E-state index contributed by atoms with van der Waals surface area (Å²) in [7, 11) is 3.98. The first-order chi connectivity index (χ1) is 8.90. The summed E-state index contributed by atoms with van der Waals surface area (Å²) in [4.78, 5) is 27.9. The van der Waals surface area contributed by atoms with Gasteiger partial charge in [-0.3, -0.25) is 14.5 Å². The van der Waals surface area contributed by atoms with Crippen molar-refractivity contribution in [3.8, 4) is 0 Å². The molecule has 102 valence electrons. The molecule has 0 saturated heterocycles. The van der Waals surface area contributed by atoms with Crippen LogP contribution in [0.3, 0.4) is 0 Å². The average molecular weight is 260 g/mol. The van der Waals surface area contributed by atoms with Crippen molar-refractivity contribution in [2.24, 2.45) is 5.92 Å². The quantitative estimate of drug-likeness (QED) is 0.775. The van der Waals surface area contributed by atoms with E-state index in [1.54, 1.807) is 12.1 Å². The predicted octanol–water partition coefficient (Wildman–Crippen LogP) is 1.79. The fourth-order valence-electron chi connectivity index (χ4n) is 2.56.